The van der Waals surface area contributed by atoms with Crippen LogP contribution in [0.1, 0.15) is 5.56 Å². The zero-order valence-corrected chi connectivity index (χ0v) is 9.75. The Bertz CT molecular complexity index is 589. The summed E-state index contributed by atoms with van der Waals surface area (Å²) in [5, 5.41) is 2.58. The predicted octanol–water partition coefficient (Wildman–Crippen LogP) is 2.40. The molecule has 2 rings (SSSR count). The lowest BCUT2D eigenvalue weighted by molar-refractivity contribution is 0.577. The van der Waals surface area contributed by atoms with Crippen LogP contribution in [0.2, 0.25) is 0 Å². The highest BCUT2D eigenvalue weighted by Crippen LogP contribution is 2.19. The van der Waals surface area contributed by atoms with Crippen molar-refractivity contribution in [3.8, 4) is 0 Å². The van der Waals surface area contributed by atoms with Crippen LogP contribution in [0, 0.1) is 17.5 Å². The van der Waals surface area contributed by atoms with Gasteiger partial charge in [-0.05, 0) is 6.07 Å². The van der Waals surface area contributed by atoms with Gasteiger partial charge < -0.3 is 10.7 Å². The minimum Gasteiger partial charge on any atom is -0.363 e. The number of nitrogens with zero attached hydrogens (tertiary/aromatic N) is 1. The molecule has 0 saturated carbocycles. The summed E-state index contributed by atoms with van der Waals surface area (Å²) in [5.41, 5.74) is 2.35. The van der Waals surface area contributed by atoms with E-state index in [0.29, 0.717) is 11.6 Å². The molecule has 100 valence electrons. The fraction of sp³-hybridized carbons (Fsp3) is 0.0833. The standard InChI is InChI=1S/C12H11F3N4/c13-8-4-2-1-3-7(8)6-17-11-9(14)5-10(15)12(18-11)19-16/h1-5H,6,16H2,(H2,17,18,19). The molecule has 4 N–H and O–H groups in total. The lowest BCUT2D eigenvalue weighted by Gasteiger charge is -2.09. The summed E-state index contributed by atoms with van der Waals surface area (Å²) < 4.78 is 39.9. The summed E-state index contributed by atoms with van der Waals surface area (Å²) in [5.74, 6) is 2.32. The second kappa shape index (κ2) is 5.57. The van der Waals surface area contributed by atoms with E-state index < -0.39 is 17.5 Å². The third kappa shape index (κ3) is 2.94. The minimum atomic E-state index is -0.906. The van der Waals surface area contributed by atoms with Crippen molar-refractivity contribution in [2.45, 2.75) is 6.54 Å². The van der Waals surface area contributed by atoms with Crippen LogP contribution in [0.3, 0.4) is 0 Å². The molecule has 0 aliphatic carbocycles. The van der Waals surface area contributed by atoms with Gasteiger partial charge in [-0.2, -0.15) is 0 Å². The summed E-state index contributed by atoms with van der Waals surface area (Å²) in [6, 6.07) is 6.68. The molecule has 4 nitrogen and oxygen atoms in total. The number of nitrogens with one attached hydrogen (secondary N) is 2. The number of anilines is 2. The highest BCUT2D eigenvalue weighted by molar-refractivity contribution is 5.47. The Morgan fingerprint density at radius 3 is 2.37 bits per heavy atom. The number of aromatic nitrogens is 1. The molecule has 1 aromatic heterocycles. The first kappa shape index (κ1) is 13.2. The molecule has 0 bridgehead atoms. The van der Waals surface area contributed by atoms with E-state index in [-0.39, 0.29) is 18.2 Å². The number of rotatable bonds is 4. The molecule has 0 aliphatic rings. The average Bonchev–Trinajstić information content (AvgIpc) is 2.39. The lowest BCUT2D eigenvalue weighted by Crippen LogP contribution is -2.13. The van der Waals surface area contributed by atoms with Gasteiger partial charge in [0.15, 0.2) is 23.3 Å². The SMILES string of the molecule is NNc1nc(NCc2ccccc2F)c(F)cc1F. The number of hydrazine groups is 1. The van der Waals surface area contributed by atoms with Crippen molar-refractivity contribution in [2.24, 2.45) is 5.84 Å². The number of hydrogen-bond acceptors (Lipinski definition) is 4. The van der Waals surface area contributed by atoms with Crippen LogP contribution in [0.4, 0.5) is 24.8 Å². The van der Waals surface area contributed by atoms with Gasteiger partial charge in [0.2, 0.25) is 0 Å². The van der Waals surface area contributed by atoms with Crippen molar-refractivity contribution in [1.82, 2.24) is 4.98 Å². The molecular weight excluding hydrogens is 257 g/mol. The first-order valence-corrected chi connectivity index (χ1v) is 5.41. The van der Waals surface area contributed by atoms with Crippen LogP contribution >= 0.6 is 0 Å². The first-order chi connectivity index (χ1) is 9.11. The van der Waals surface area contributed by atoms with Gasteiger partial charge in [-0.15, -0.1) is 0 Å². The van der Waals surface area contributed by atoms with Gasteiger partial charge in [0.05, 0.1) is 0 Å². The van der Waals surface area contributed by atoms with Crippen LogP contribution in [0.5, 0.6) is 0 Å². The number of halogens is 3. The van der Waals surface area contributed by atoms with Crippen LogP contribution in [-0.4, -0.2) is 4.98 Å². The van der Waals surface area contributed by atoms with Crippen LogP contribution in [-0.2, 0) is 6.54 Å². The molecule has 0 saturated heterocycles. The van der Waals surface area contributed by atoms with Crippen molar-refractivity contribution in [3.05, 3.63) is 53.3 Å². The van der Waals surface area contributed by atoms with Gasteiger partial charge in [0.1, 0.15) is 5.82 Å². The lowest BCUT2D eigenvalue weighted by atomic mass is 10.2. The Balaban J connectivity index is 2.18. The van der Waals surface area contributed by atoms with E-state index in [0.717, 1.165) is 0 Å². The van der Waals surface area contributed by atoms with E-state index in [1.807, 2.05) is 5.43 Å². The van der Waals surface area contributed by atoms with E-state index in [9.17, 15) is 13.2 Å². The van der Waals surface area contributed by atoms with E-state index >= 15 is 0 Å². The largest absolute Gasteiger partial charge is 0.363 e. The summed E-state index contributed by atoms with van der Waals surface area (Å²) >= 11 is 0. The number of hydrogen-bond donors (Lipinski definition) is 3. The molecule has 0 unspecified atom stereocenters. The molecule has 7 heteroatoms. The van der Waals surface area contributed by atoms with Crippen molar-refractivity contribution >= 4 is 11.6 Å². The molecule has 0 fully saturated rings. The maximum absolute atomic E-state index is 13.4. The molecule has 19 heavy (non-hydrogen) atoms. The zero-order valence-electron chi connectivity index (χ0n) is 9.75. The molecular formula is C12H11F3N4. The smallest absolute Gasteiger partial charge is 0.178 e. The van der Waals surface area contributed by atoms with E-state index in [2.05, 4.69) is 10.3 Å². The molecule has 1 heterocycles. The third-order valence-corrected chi connectivity index (χ3v) is 2.47. The zero-order chi connectivity index (χ0) is 13.8. The van der Waals surface area contributed by atoms with E-state index in [1.54, 1.807) is 18.2 Å². The maximum Gasteiger partial charge on any atom is 0.178 e. The predicted molar refractivity (Wildman–Crippen MR) is 65.7 cm³/mol. The highest BCUT2D eigenvalue weighted by atomic mass is 19.1. The fourth-order valence-corrected chi connectivity index (χ4v) is 1.51. The van der Waals surface area contributed by atoms with Crippen LogP contribution in [0.15, 0.2) is 30.3 Å². The van der Waals surface area contributed by atoms with Crippen molar-refractivity contribution in [2.75, 3.05) is 10.7 Å². The van der Waals surface area contributed by atoms with Crippen molar-refractivity contribution < 1.29 is 13.2 Å². The van der Waals surface area contributed by atoms with Crippen LogP contribution < -0.4 is 16.6 Å². The maximum atomic E-state index is 13.4. The third-order valence-electron chi connectivity index (χ3n) is 2.47. The Hall–Kier alpha value is -2.28. The molecule has 0 atom stereocenters. The average molecular weight is 268 g/mol. The topological polar surface area (TPSA) is 63.0 Å². The van der Waals surface area contributed by atoms with Crippen molar-refractivity contribution in [1.29, 1.82) is 0 Å². The monoisotopic (exact) mass is 268 g/mol. The molecule has 0 aliphatic heterocycles. The molecule has 2 aromatic rings. The Morgan fingerprint density at radius 1 is 1.00 bits per heavy atom. The number of benzene rings is 1. The Labute approximate surface area is 107 Å². The van der Waals surface area contributed by atoms with Gasteiger partial charge in [0, 0.05) is 18.2 Å². The highest BCUT2D eigenvalue weighted by Gasteiger charge is 2.11. The molecule has 0 spiro atoms. The second-order valence-corrected chi connectivity index (χ2v) is 3.74. The Kier molecular flexibility index (Phi) is 3.86. The van der Waals surface area contributed by atoms with Crippen molar-refractivity contribution in [3.63, 3.8) is 0 Å². The minimum absolute atomic E-state index is 0.0201. The van der Waals surface area contributed by atoms with Gasteiger partial charge in [0.25, 0.3) is 0 Å². The summed E-state index contributed by atoms with van der Waals surface area (Å²) in [7, 11) is 0. The first-order valence-electron chi connectivity index (χ1n) is 5.41. The summed E-state index contributed by atoms with van der Waals surface area (Å²) in [6.45, 7) is 0.0201. The Morgan fingerprint density at radius 2 is 1.68 bits per heavy atom. The van der Waals surface area contributed by atoms with Gasteiger partial charge >= 0.3 is 0 Å². The van der Waals surface area contributed by atoms with Gasteiger partial charge in [-0.25, -0.2) is 24.0 Å². The van der Waals surface area contributed by atoms with E-state index in [1.165, 1.54) is 6.07 Å². The summed E-state index contributed by atoms with van der Waals surface area (Å²) in [4.78, 5) is 3.62. The molecule has 1 aromatic carbocycles. The summed E-state index contributed by atoms with van der Waals surface area (Å²) in [6.07, 6.45) is 0. The molecule has 0 radical (unpaired) electrons. The van der Waals surface area contributed by atoms with Crippen LogP contribution in [0.25, 0.3) is 0 Å². The number of pyridine rings is 1. The second-order valence-electron chi connectivity index (χ2n) is 3.74. The molecule has 0 amide bonds. The fourth-order valence-electron chi connectivity index (χ4n) is 1.51. The number of nitrogens with two attached hydrogens (primary N) is 1. The normalized spacial score (nSPS) is 10.3. The van der Waals surface area contributed by atoms with Gasteiger partial charge in [-0.3, -0.25) is 0 Å². The van der Waals surface area contributed by atoms with Gasteiger partial charge in [-0.1, -0.05) is 18.2 Å². The van der Waals surface area contributed by atoms with E-state index in [4.69, 9.17) is 5.84 Å². The number of nitrogen functional groups attached to an aromatic ring is 1. The quantitative estimate of drug-likeness (QED) is 0.588.